The van der Waals surface area contributed by atoms with Crippen LogP contribution in [0.2, 0.25) is 0 Å². The average molecular weight is 377 g/mol. The Labute approximate surface area is 167 Å². The smallest absolute Gasteiger partial charge is 0.161 e. The van der Waals surface area contributed by atoms with Gasteiger partial charge in [-0.05, 0) is 72.9 Å². The molecule has 0 saturated heterocycles. The quantitative estimate of drug-likeness (QED) is 0.591. The molecular weight excluding hydrogens is 348 g/mol. The van der Waals surface area contributed by atoms with Crippen LogP contribution in [-0.2, 0) is 13.2 Å². The Morgan fingerprint density at radius 1 is 1.00 bits per heavy atom. The van der Waals surface area contributed by atoms with Crippen molar-refractivity contribution >= 4 is 0 Å². The Morgan fingerprint density at radius 2 is 1.79 bits per heavy atom. The molecule has 0 radical (unpaired) electrons. The molecule has 0 fully saturated rings. The van der Waals surface area contributed by atoms with E-state index in [0.717, 1.165) is 23.6 Å². The highest BCUT2D eigenvalue weighted by Crippen LogP contribution is 2.31. The van der Waals surface area contributed by atoms with Crippen LogP contribution in [0.4, 0.5) is 0 Å². The van der Waals surface area contributed by atoms with Crippen LogP contribution in [0, 0.1) is 13.8 Å². The first-order valence-corrected chi connectivity index (χ1v) is 9.56. The Bertz CT molecular complexity index is 910. The minimum atomic E-state index is 0.197. The molecule has 3 rings (SSSR count). The fourth-order valence-electron chi connectivity index (χ4n) is 3.10. The van der Waals surface area contributed by atoms with Crippen molar-refractivity contribution in [3.05, 3.63) is 88.7 Å². The summed E-state index contributed by atoms with van der Waals surface area (Å²) in [5, 5.41) is 3.61. The maximum absolute atomic E-state index is 5.93. The molecule has 3 aromatic rings. The number of hydrogen-bond acceptors (Lipinski definition) is 4. The van der Waals surface area contributed by atoms with Crippen LogP contribution >= 0.6 is 0 Å². The minimum Gasteiger partial charge on any atom is -0.493 e. The monoisotopic (exact) mass is 376 g/mol. The highest BCUT2D eigenvalue weighted by Gasteiger charge is 2.11. The van der Waals surface area contributed by atoms with Gasteiger partial charge in [-0.15, -0.1) is 0 Å². The van der Waals surface area contributed by atoms with Gasteiger partial charge in [0.1, 0.15) is 6.61 Å². The van der Waals surface area contributed by atoms with Gasteiger partial charge in [0.15, 0.2) is 11.5 Å². The third-order valence-corrected chi connectivity index (χ3v) is 5.15. The van der Waals surface area contributed by atoms with E-state index in [1.165, 1.54) is 22.3 Å². The van der Waals surface area contributed by atoms with Crippen molar-refractivity contribution in [3.63, 3.8) is 0 Å². The van der Waals surface area contributed by atoms with E-state index in [2.05, 4.69) is 55.3 Å². The Balaban J connectivity index is 1.65. The van der Waals surface area contributed by atoms with Crippen LogP contribution in [0.3, 0.4) is 0 Å². The molecule has 2 aromatic carbocycles. The summed E-state index contributed by atoms with van der Waals surface area (Å²) in [5.74, 6) is 1.48. The van der Waals surface area contributed by atoms with Crippen molar-refractivity contribution in [2.24, 2.45) is 0 Å². The highest BCUT2D eigenvalue weighted by molar-refractivity contribution is 5.44. The number of benzene rings is 2. The first kappa shape index (κ1) is 19.9. The van der Waals surface area contributed by atoms with Crippen molar-refractivity contribution in [2.45, 2.75) is 40.0 Å². The van der Waals surface area contributed by atoms with Gasteiger partial charge in [-0.25, -0.2) is 0 Å². The third kappa shape index (κ3) is 4.90. The van der Waals surface area contributed by atoms with Gasteiger partial charge in [0.25, 0.3) is 0 Å². The van der Waals surface area contributed by atoms with E-state index in [4.69, 9.17) is 9.47 Å². The van der Waals surface area contributed by atoms with Crippen LogP contribution in [0.5, 0.6) is 11.5 Å². The number of nitrogens with one attached hydrogen (secondary N) is 1. The predicted molar refractivity (Wildman–Crippen MR) is 113 cm³/mol. The molecule has 1 aromatic heterocycles. The lowest BCUT2D eigenvalue weighted by Crippen LogP contribution is -2.19. The van der Waals surface area contributed by atoms with Gasteiger partial charge in [-0.1, -0.05) is 24.3 Å². The molecule has 0 aliphatic heterocycles. The Kier molecular flexibility index (Phi) is 6.66. The van der Waals surface area contributed by atoms with Crippen LogP contribution in [0.15, 0.2) is 60.9 Å². The minimum absolute atomic E-state index is 0.197. The molecule has 28 heavy (non-hydrogen) atoms. The molecule has 0 spiro atoms. The zero-order valence-corrected chi connectivity index (χ0v) is 17.0. The molecule has 4 heteroatoms. The lowest BCUT2D eigenvalue weighted by molar-refractivity contribution is 0.284. The molecule has 1 atom stereocenters. The molecule has 0 saturated carbocycles. The Hall–Kier alpha value is -2.85. The van der Waals surface area contributed by atoms with Gasteiger partial charge < -0.3 is 14.8 Å². The van der Waals surface area contributed by atoms with Gasteiger partial charge in [-0.3, -0.25) is 4.98 Å². The molecule has 1 unspecified atom stereocenters. The van der Waals surface area contributed by atoms with E-state index < -0.39 is 0 Å². The number of hydrogen-bond donors (Lipinski definition) is 1. The summed E-state index contributed by atoms with van der Waals surface area (Å²) in [6.07, 6.45) is 3.53. The molecule has 4 nitrogen and oxygen atoms in total. The molecule has 1 heterocycles. The van der Waals surface area contributed by atoms with Gasteiger partial charge in [0.05, 0.1) is 7.11 Å². The van der Waals surface area contributed by atoms with Crippen molar-refractivity contribution in [3.8, 4) is 11.5 Å². The summed E-state index contributed by atoms with van der Waals surface area (Å²) in [5.41, 5.74) is 6.24. The second-order valence-electron chi connectivity index (χ2n) is 7.02. The third-order valence-electron chi connectivity index (χ3n) is 5.15. The number of aromatic nitrogens is 1. The van der Waals surface area contributed by atoms with E-state index >= 15 is 0 Å². The summed E-state index contributed by atoms with van der Waals surface area (Å²) in [4.78, 5) is 4.03. The van der Waals surface area contributed by atoms with E-state index in [1.807, 2.05) is 24.3 Å². The van der Waals surface area contributed by atoms with Crippen LogP contribution < -0.4 is 14.8 Å². The zero-order valence-electron chi connectivity index (χ0n) is 17.0. The van der Waals surface area contributed by atoms with Gasteiger partial charge in [0, 0.05) is 25.0 Å². The number of ether oxygens (including phenoxy) is 2. The summed E-state index contributed by atoms with van der Waals surface area (Å²) in [7, 11) is 1.67. The topological polar surface area (TPSA) is 43.4 Å². The molecule has 1 N–H and O–H groups in total. The number of methoxy groups -OCH3 is 1. The maximum Gasteiger partial charge on any atom is 0.161 e. The van der Waals surface area contributed by atoms with Crippen molar-refractivity contribution in [2.75, 3.05) is 7.11 Å². The number of nitrogens with zero attached hydrogens (tertiary/aromatic N) is 1. The van der Waals surface area contributed by atoms with Gasteiger partial charge in [0.2, 0.25) is 0 Å². The van der Waals surface area contributed by atoms with E-state index in [0.29, 0.717) is 6.61 Å². The van der Waals surface area contributed by atoms with E-state index in [1.54, 1.807) is 19.5 Å². The van der Waals surface area contributed by atoms with Crippen LogP contribution in [-0.4, -0.2) is 12.1 Å². The van der Waals surface area contributed by atoms with Crippen LogP contribution in [0.1, 0.15) is 40.8 Å². The standard InChI is InChI=1S/C24H28N2O2/c1-17-6-5-7-22(18(17)2)15-26-19(3)21-8-9-23(24(14-21)27-4)28-16-20-10-12-25-13-11-20/h5-14,19,26H,15-16H2,1-4H3. The number of pyridine rings is 1. The summed E-state index contributed by atoms with van der Waals surface area (Å²) in [6.45, 7) is 7.81. The summed E-state index contributed by atoms with van der Waals surface area (Å²) in [6, 6.07) is 16.6. The van der Waals surface area contributed by atoms with E-state index in [9.17, 15) is 0 Å². The van der Waals surface area contributed by atoms with Gasteiger partial charge >= 0.3 is 0 Å². The first-order valence-electron chi connectivity index (χ1n) is 9.56. The maximum atomic E-state index is 5.93. The fraction of sp³-hybridized carbons (Fsp3) is 0.292. The summed E-state index contributed by atoms with van der Waals surface area (Å²) < 4.78 is 11.5. The second kappa shape index (κ2) is 9.38. The highest BCUT2D eigenvalue weighted by atomic mass is 16.5. The summed E-state index contributed by atoms with van der Waals surface area (Å²) >= 11 is 0. The van der Waals surface area contributed by atoms with Crippen molar-refractivity contribution in [1.29, 1.82) is 0 Å². The molecule has 146 valence electrons. The van der Waals surface area contributed by atoms with Crippen molar-refractivity contribution in [1.82, 2.24) is 10.3 Å². The van der Waals surface area contributed by atoms with Crippen LogP contribution in [0.25, 0.3) is 0 Å². The fourth-order valence-corrected chi connectivity index (χ4v) is 3.10. The number of rotatable bonds is 8. The molecule has 0 aliphatic carbocycles. The molecule has 0 amide bonds. The Morgan fingerprint density at radius 3 is 2.54 bits per heavy atom. The van der Waals surface area contributed by atoms with E-state index in [-0.39, 0.29) is 6.04 Å². The lowest BCUT2D eigenvalue weighted by atomic mass is 10.0. The first-order chi connectivity index (χ1) is 13.6. The SMILES string of the molecule is COc1cc(C(C)NCc2cccc(C)c2C)ccc1OCc1ccncc1. The predicted octanol–water partition coefficient (Wildman–Crippen LogP) is 5.14. The van der Waals surface area contributed by atoms with Crippen molar-refractivity contribution < 1.29 is 9.47 Å². The molecular formula is C24H28N2O2. The molecule has 0 bridgehead atoms. The zero-order chi connectivity index (χ0) is 19.9. The molecule has 0 aliphatic rings. The number of aryl methyl sites for hydroxylation is 1. The normalized spacial score (nSPS) is 11.9. The second-order valence-corrected chi connectivity index (χ2v) is 7.02. The largest absolute Gasteiger partial charge is 0.493 e. The van der Waals surface area contributed by atoms with Gasteiger partial charge in [-0.2, -0.15) is 0 Å². The lowest BCUT2D eigenvalue weighted by Gasteiger charge is -2.18. The average Bonchev–Trinajstić information content (AvgIpc) is 2.73.